The average Bonchev–Trinajstić information content (AvgIpc) is 2.81. The largest absolute Gasteiger partial charge is 1.00 e. The molecule has 0 fully saturated rings. The van der Waals surface area contributed by atoms with Gasteiger partial charge in [-0.2, -0.15) is 13.2 Å². The smallest absolute Gasteiger partial charge is 0.741 e. The number of nitrogens with zero attached hydrogens (tertiary/aromatic N) is 4. The molecule has 0 aromatic carbocycles. The molecule has 4 aromatic heterocycles. The number of halogens is 3. The Bertz CT molecular complexity index is 1020. The van der Waals surface area contributed by atoms with Gasteiger partial charge in [0.05, 0.1) is 22.8 Å². The summed E-state index contributed by atoms with van der Waals surface area (Å²) in [5.41, 5.74) is -1.99. The van der Waals surface area contributed by atoms with Gasteiger partial charge >= 0.3 is 22.6 Å². The summed E-state index contributed by atoms with van der Waals surface area (Å²) in [4.78, 5) is 16.7. The molecule has 0 spiro atoms. The van der Waals surface area contributed by atoms with Crippen molar-refractivity contribution in [2.45, 2.75) is 5.51 Å². The maximum absolute atomic E-state index is 10.7. The van der Waals surface area contributed by atoms with Crippen LogP contribution >= 0.6 is 0 Å². The van der Waals surface area contributed by atoms with Crippen molar-refractivity contribution < 1.29 is 43.2 Å². The van der Waals surface area contributed by atoms with E-state index in [4.69, 9.17) is 13.0 Å². The standard InChI is InChI=1S/2C10H8N2.CHF3O3S.Cu/c2*1-3-7-11-9(5-1)10-6-2-4-8-12-10;2-1(3,4)8(5,6)7;/h2*1-8H;(H,5,6,7);/q;;;+1/p-1. The number of hydrogen-bond donors (Lipinski definition) is 0. The molecule has 0 saturated heterocycles. The van der Waals surface area contributed by atoms with E-state index in [0.29, 0.717) is 0 Å². The fourth-order valence-corrected chi connectivity index (χ4v) is 2.06. The topological polar surface area (TPSA) is 109 Å². The van der Waals surface area contributed by atoms with Crippen LogP contribution in [0.1, 0.15) is 0 Å². The Hall–Kier alpha value is -3.18. The van der Waals surface area contributed by atoms with E-state index in [-0.39, 0.29) is 17.1 Å². The molecule has 0 saturated carbocycles. The van der Waals surface area contributed by atoms with Crippen LogP contribution in [0.25, 0.3) is 22.8 Å². The van der Waals surface area contributed by atoms with E-state index >= 15 is 0 Å². The van der Waals surface area contributed by atoms with E-state index in [1.165, 1.54) is 0 Å². The molecule has 0 aliphatic heterocycles. The van der Waals surface area contributed by atoms with Gasteiger partial charge in [-0.3, -0.25) is 19.9 Å². The number of rotatable bonds is 2. The van der Waals surface area contributed by atoms with E-state index in [1.54, 1.807) is 24.8 Å². The number of aromatic nitrogens is 4. The van der Waals surface area contributed by atoms with Crippen molar-refractivity contribution in [3.05, 3.63) is 97.6 Å². The summed E-state index contributed by atoms with van der Waals surface area (Å²) in [5, 5.41) is 0. The van der Waals surface area contributed by atoms with Gasteiger partial charge in [-0.15, -0.1) is 0 Å². The molecule has 0 aliphatic rings. The predicted octanol–water partition coefficient (Wildman–Crippen LogP) is 4.34. The van der Waals surface area contributed by atoms with E-state index in [1.807, 2.05) is 72.8 Å². The molecular formula is C21H16CuF3N4O3S. The molecule has 176 valence electrons. The van der Waals surface area contributed by atoms with Crippen molar-refractivity contribution in [3.63, 3.8) is 0 Å². The Kier molecular flexibility index (Phi) is 11.3. The van der Waals surface area contributed by atoms with Crippen LogP contribution < -0.4 is 0 Å². The summed E-state index contributed by atoms with van der Waals surface area (Å²) in [6, 6.07) is 23.2. The van der Waals surface area contributed by atoms with Crippen LogP contribution in [-0.4, -0.2) is 38.4 Å². The Morgan fingerprint density at radius 2 is 0.788 bits per heavy atom. The number of pyridine rings is 4. The van der Waals surface area contributed by atoms with Crippen LogP contribution in [0.5, 0.6) is 0 Å². The summed E-state index contributed by atoms with van der Waals surface area (Å²) in [7, 11) is -6.09. The zero-order valence-electron chi connectivity index (χ0n) is 16.6. The van der Waals surface area contributed by atoms with Crippen LogP contribution in [0, 0.1) is 0 Å². The first-order chi connectivity index (χ1) is 15.2. The molecule has 0 aliphatic carbocycles. The summed E-state index contributed by atoms with van der Waals surface area (Å²) in [6.45, 7) is 0. The van der Waals surface area contributed by atoms with Crippen molar-refractivity contribution in [3.8, 4) is 22.8 Å². The Morgan fingerprint density at radius 3 is 0.909 bits per heavy atom. The zero-order valence-corrected chi connectivity index (χ0v) is 18.4. The van der Waals surface area contributed by atoms with Gasteiger partial charge in [0.15, 0.2) is 10.1 Å². The molecule has 4 heterocycles. The van der Waals surface area contributed by atoms with E-state index in [2.05, 4.69) is 19.9 Å². The van der Waals surface area contributed by atoms with Gasteiger partial charge in [0.25, 0.3) is 0 Å². The minimum absolute atomic E-state index is 0. The molecule has 0 bridgehead atoms. The minimum Gasteiger partial charge on any atom is -0.741 e. The number of alkyl halides is 3. The Balaban J connectivity index is 0.000000250. The molecule has 0 atom stereocenters. The molecule has 4 aromatic rings. The summed E-state index contributed by atoms with van der Waals surface area (Å²) in [5.74, 6) is 0. The molecule has 7 nitrogen and oxygen atoms in total. The third-order valence-corrected chi connectivity index (χ3v) is 4.03. The second kappa shape index (κ2) is 13.4. The fourth-order valence-electron chi connectivity index (χ4n) is 2.06. The van der Waals surface area contributed by atoms with Gasteiger partial charge in [-0.05, 0) is 48.5 Å². The van der Waals surface area contributed by atoms with Crippen molar-refractivity contribution in [1.29, 1.82) is 0 Å². The van der Waals surface area contributed by atoms with Gasteiger partial charge in [0.2, 0.25) is 0 Å². The van der Waals surface area contributed by atoms with Crippen molar-refractivity contribution in [2.24, 2.45) is 0 Å². The van der Waals surface area contributed by atoms with Crippen LogP contribution in [0.15, 0.2) is 97.6 Å². The van der Waals surface area contributed by atoms with Gasteiger partial charge in [0.1, 0.15) is 0 Å². The van der Waals surface area contributed by atoms with Crippen molar-refractivity contribution >= 4 is 10.1 Å². The molecule has 33 heavy (non-hydrogen) atoms. The quantitative estimate of drug-likeness (QED) is 0.218. The van der Waals surface area contributed by atoms with Crippen molar-refractivity contribution in [2.75, 3.05) is 0 Å². The molecule has 12 heteroatoms. The summed E-state index contributed by atoms with van der Waals surface area (Å²) < 4.78 is 58.9. The molecule has 0 unspecified atom stereocenters. The summed E-state index contributed by atoms with van der Waals surface area (Å²) >= 11 is 0. The molecule has 0 radical (unpaired) electrons. The Labute approximate surface area is 199 Å². The zero-order chi connectivity index (χ0) is 23.5. The van der Waals surface area contributed by atoms with E-state index in [0.717, 1.165) is 22.8 Å². The van der Waals surface area contributed by atoms with Crippen molar-refractivity contribution in [1.82, 2.24) is 19.9 Å². The second-order valence-electron chi connectivity index (χ2n) is 5.76. The average molecular weight is 525 g/mol. The maximum Gasteiger partial charge on any atom is 1.00 e. The van der Waals surface area contributed by atoms with Crippen LogP contribution in [0.3, 0.4) is 0 Å². The third kappa shape index (κ3) is 9.87. The van der Waals surface area contributed by atoms with E-state index < -0.39 is 15.6 Å². The molecule has 0 amide bonds. The monoisotopic (exact) mass is 524 g/mol. The first-order valence-corrected chi connectivity index (χ1v) is 10.3. The SMILES string of the molecule is O=S(=O)([O-])C(F)(F)F.[Cu+].c1ccc(-c2ccccn2)nc1.c1ccc(-c2ccccn2)nc1. The van der Waals surface area contributed by atoms with Crippen LogP contribution in [-0.2, 0) is 27.2 Å². The van der Waals surface area contributed by atoms with Gasteiger partial charge in [0, 0.05) is 24.8 Å². The van der Waals surface area contributed by atoms with Gasteiger partial charge < -0.3 is 4.55 Å². The first-order valence-electron chi connectivity index (χ1n) is 8.85. The number of hydrogen-bond acceptors (Lipinski definition) is 7. The van der Waals surface area contributed by atoms with Crippen LogP contribution in [0.4, 0.5) is 13.2 Å². The Morgan fingerprint density at radius 1 is 0.576 bits per heavy atom. The van der Waals surface area contributed by atoms with Gasteiger partial charge in [-0.1, -0.05) is 24.3 Å². The molecule has 4 rings (SSSR count). The molecular weight excluding hydrogens is 509 g/mol. The first kappa shape index (κ1) is 27.9. The maximum atomic E-state index is 10.7. The second-order valence-corrected chi connectivity index (χ2v) is 7.13. The minimum atomic E-state index is -6.09. The molecule has 0 N–H and O–H groups in total. The fraction of sp³-hybridized carbons (Fsp3) is 0.0476. The predicted molar refractivity (Wildman–Crippen MR) is 111 cm³/mol. The normalized spacial score (nSPS) is 10.4. The van der Waals surface area contributed by atoms with Crippen LogP contribution in [0.2, 0.25) is 0 Å². The summed E-state index contributed by atoms with van der Waals surface area (Å²) in [6.07, 6.45) is 7.07. The van der Waals surface area contributed by atoms with E-state index in [9.17, 15) is 13.2 Å². The third-order valence-electron chi connectivity index (χ3n) is 3.47. The van der Waals surface area contributed by atoms with Gasteiger partial charge in [-0.25, -0.2) is 8.42 Å².